The Labute approximate surface area is 120 Å². The molecule has 0 saturated carbocycles. The van der Waals surface area contributed by atoms with Crippen LogP contribution in [0.5, 0.6) is 0 Å². The molecule has 1 aliphatic heterocycles. The van der Waals surface area contributed by atoms with Crippen LogP contribution in [0.15, 0.2) is 23.1 Å². The summed E-state index contributed by atoms with van der Waals surface area (Å²) in [6.07, 6.45) is -0.259. The molecule has 112 valence electrons. The molecule has 20 heavy (non-hydrogen) atoms. The Kier molecular flexibility index (Phi) is 4.67. The molecule has 1 fully saturated rings. The Morgan fingerprint density at radius 3 is 2.85 bits per heavy atom. The van der Waals surface area contributed by atoms with Crippen molar-refractivity contribution in [3.8, 4) is 0 Å². The van der Waals surface area contributed by atoms with Crippen LogP contribution in [0.1, 0.15) is 12.5 Å². The van der Waals surface area contributed by atoms with Crippen LogP contribution >= 0.6 is 0 Å². The van der Waals surface area contributed by atoms with Gasteiger partial charge in [-0.3, -0.25) is 4.90 Å². The molecule has 0 aliphatic carbocycles. The smallest absolute Gasteiger partial charge is 0.181 e. The van der Waals surface area contributed by atoms with Gasteiger partial charge in [-0.05, 0) is 37.2 Å². The van der Waals surface area contributed by atoms with Gasteiger partial charge < -0.3 is 10.5 Å². The van der Waals surface area contributed by atoms with Gasteiger partial charge in [0.25, 0.3) is 0 Å². The van der Waals surface area contributed by atoms with Crippen molar-refractivity contribution in [1.29, 1.82) is 0 Å². The van der Waals surface area contributed by atoms with E-state index in [0.29, 0.717) is 29.3 Å². The van der Waals surface area contributed by atoms with Gasteiger partial charge in [0.15, 0.2) is 9.84 Å². The summed E-state index contributed by atoms with van der Waals surface area (Å²) in [4.78, 5) is 2.56. The number of nitrogens with zero attached hydrogens (tertiary/aromatic N) is 1. The van der Waals surface area contributed by atoms with Gasteiger partial charge in [0.1, 0.15) is 0 Å². The van der Waals surface area contributed by atoms with Crippen molar-refractivity contribution in [3.05, 3.63) is 23.8 Å². The predicted molar refractivity (Wildman–Crippen MR) is 79.5 cm³/mol. The van der Waals surface area contributed by atoms with Crippen molar-refractivity contribution in [3.63, 3.8) is 0 Å². The lowest BCUT2D eigenvalue weighted by Crippen LogP contribution is -2.45. The average Bonchev–Trinajstić information content (AvgIpc) is 2.37. The number of likely N-dealkylation sites (N-methyl/N-ethyl adjacent to an activating group) is 1. The Bertz CT molecular complexity index is 572. The van der Waals surface area contributed by atoms with Crippen LogP contribution in [0, 0.1) is 6.92 Å². The van der Waals surface area contributed by atoms with Gasteiger partial charge in [-0.25, -0.2) is 8.42 Å². The van der Waals surface area contributed by atoms with Crippen LogP contribution in [-0.4, -0.2) is 51.4 Å². The highest BCUT2D eigenvalue weighted by Crippen LogP contribution is 2.21. The third-order valence-electron chi connectivity index (χ3n) is 3.61. The number of benzene rings is 1. The van der Waals surface area contributed by atoms with Crippen molar-refractivity contribution in [2.75, 3.05) is 37.7 Å². The highest BCUT2D eigenvalue weighted by atomic mass is 32.2. The number of anilines is 1. The zero-order valence-electron chi connectivity index (χ0n) is 12.0. The van der Waals surface area contributed by atoms with Crippen LogP contribution in [0.2, 0.25) is 0 Å². The first-order valence-corrected chi connectivity index (χ1v) is 8.50. The fraction of sp³-hybridized carbons (Fsp3) is 0.571. The van der Waals surface area contributed by atoms with E-state index in [0.717, 1.165) is 13.1 Å². The Morgan fingerprint density at radius 1 is 1.45 bits per heavy atom. The van der Waals surface area contributed by atoms with Gasteiger partial charge in [-0.15, -0.1) is 0 Å². The third kappa shape index (κ3) is 3.50. The van der Waals surface area contributed by atoms with Crippen molar-refractivity contribution in [1.82, 2.24) is 4.90 Å². The van der Waals surface area contributed by atoms with E-state index in [1.807, 2.05) is 0 Å². The maximum atomic E-state index is 12.5. The Morgan fingerprint density at radius 2 is 2.20 bits per heavy atom. The molecule has 1 aromatic rings. The van der Waals surface area contributed by atoms with Crippen LogP contribution in [-0.2, 0) is 14.6 Å². The van der Waals surface area contributed by atoms with E-state index in [1.165, 1.54) is 0 Å². The van der Waals surface area contributed by atoms with Crippen molar-refractivity contribution in [2.24, 2.45) is 0 Å². The van der Waals surface area contributed by atoms with Crippen molar-refractivity contribution in [2.45, 2.75) is 24.8 Å². The number of nitrogens with two attached hydrogens (primary N) is 1. The summed E-state index contributed by atoms with van der Waals surface area (Å²) in [5.74, 6) is 0.0221. The molecule has 1 unspecified atom stereocenters. The lowest BCUT2D eigenvalue weighted by atomic mass is 10.2. The summed E-state index contributed by atoms with van der Waals surface area (Å²) in [5, 5.41) is 0. The van der Waals surface area contributed by atoms with E-state index >= 15 is 0 Å². The predicted octanol–water partition coefficient (Wildman–Crippen LogP) is 1.07. The molecule has 1 saturated heterocycles. The SMILES string of the molecule is CCN1CCOC(CS(=O)(=O)c2ccc(N)cc2C)C1. The summed E-state index contributed by atoms with van der Waals surface area (Å²) in [5.41, 5.74) is 6.93. The van der Waals surface area contributed by atoms with E-state index in [4.69, 9.17) is 10.5 Å². The number of nitrogen functional groups attached to an aromatic ring is 1. The zero-order valence-corrected chi connectivity index (χ0v) is 12.8. The van der Waals surface area contributed by atoms with Gasteiger partial charge in [-0.2, -0.15) is 0 Å². The molecule has 6 heteroatoms. The molecule has 1 atom stereocenters. The fourth-order valence-electron chi connectivity index (χ4n) is 2.52. The quantitative estimate of drug-likeness (QED) is 0.842. The van der Waals surface area contributed by atoms with Gasteiger partial charge in [0, 0.05) is 18.8 Å². The number of aryl methyl sites for hydroxylation is 1. The minimum atomic E-state index is -3.35. The molecule has 1 aliphatic rings. The first-order chi connectivity index (χ1) is 9.42. The highest BCUT2D eigenvalue weighted by molar-refractivity contribution is 7.91. The first kappa shape index (κ1) is 15.3. The van der Waals surface area contributed by atoms with Gasteiger partial charge >= 0.3 is 0 Å². The molecule has 0 spiro atoms. The van der Waals surface area contributed by atoms with E-state index in [2.05, 4.69) is 11.8 Å². The first-order valence-electron chi connectivity index (χ1n) is 6.85. The number of rotatable bonds is 4. The van der Waals surface area contributed by atoms with Crippen molar-refractivity contribution < 1.29 is 13.2 Å². The normalized spacial score (nSPS) is 21.0. The van der Waals surface area contributed by atoms with E-state index < -0.39 is 9.84 Å². The molecule has 0 amide bonds. The van der Waals surface area contributed by atoms with Crippen LogP contribution in [0.4, 0.5) is 5.69 Å². The third-order valence-corrected chi connectivity index (χ3v) is 5.55. The summed E-state index contributed by atoms with van der Waals surface area (Å²) < 4.78 is 30.6. The molecule has 0 bridgehead atoms. The van der Waals surface area contributed by atoms with Gasteiger partial charge in [0.2, 0.25) is 0 Å². The summed E-state index contributed by atoms with van der Waals surface area (Å²) in [6.45, 7) is 6.89. The maximum absolute atomic E-state index is 12.5. The maximum Gasteiger partial charge on any atom is 0.181 e. The second-order valence-electron chi connectivity index (χ2n) is 5.19. The fourth-order valence-corrected chi connectivity index (χ4v) is 4.22. The molecule has 2 rings (SSSR count). The lowest BCUT2D eigenvalue weighted by Gasteiger charge is -2.31. The molecular formula is C14H22N2O3S. The summed E-state index contributed by atoms with van der Waals surface area (Å²) >= 11 is 0. The van der Waals surface area contributed by atoms with E-state index in [-0.39, 0.29) is 11.9 Å². The molecule has 0 radical (unpaired) electrons. The van der Waals surface area contributed by atoms with Crippen LogP contribution in [0.25, 0.3) is 0 Å². The molecule has 5 nitrogen and oxygen atoms in total. The number of ether oxygens (including phenoxy) is 1. The highest BCUT2D eigenvalue weighted by Gasteiger charge is 2.27. The minimum Gasteiger partial charge on any atom is -0.399 e. The van der Waals surface area contributed by atoms with Gasteiger partial charge in [-0.1, -0.05) is 6.92 Å². The van der Waals surface area contributed by atoms with Crippen LogP contribution < -0.4 is 5.73 Å². The molecule has 1 aromatic carbocycles. The van der Waals surface area contributed by atoms with Crippen molar-refractivity contribution >= 4 is 15.5 Å². The number of morpholine rings is 1. The molecule has 2 N–H and O–H groups in total. The Balaban J connectivity index is 2.14. The largest absolute Gasteiger partial charge is 0.399 e. The number of hydrogen-bond donors (Lipinski definition) is 1. The topological polar surface area (TPSA) is 72.6 Å². The average molecular weight is 298 g/mol. The monoisotopic (exact) mass is 298 g/mol. The van der Waals surface area contributed by atoms with Gasteiger partial charge in [0.05, 0.1) is 23.4 Å². The Hall–Kier alpha value is -1.11. The second-order valence-corrected chi connectivity index (χ2v) is 7.20. The molecule has 0 aromatic heterocycles. The zero-order chi connectivity index (χ0) is 14.8. The minimum absolute atomic E-state index is 0.0221. The molecule has 1 heterocycles. The standard InChI is InChI=1S/C14H22N2O3S/c1-3-16-6-7-19-13(9-16)10-20(17,18)14-5-4-12(15)8-11(14)2/h4-5,8,13H,3,6-7,9-10,15H2,1-2H3. The summed E-state index contributed by atoms with van der Waals surface area (Å²) in [7, 11) is -3.35. The van der Waals surface area contributed by atoms with E-state index in [9.17, 15) is 8.42 Å². The number of sulfone groups is 1. The summed E-state index contributed by atoms with van der Waals surface area (Å²) in [6, 6.07) is 4.90. The van der Waals surface area contributed by atoms with E-state index in [1.54, 1.807) is 25.1 Å². The molecular weight excluding hydrogens is 276 g/mol. The second kappa shape index (κ2) is 6.11. The lowest BCUT2D eigenvalue weighted by molar-refractivity contribution is -0.0145. The number of hydrogen-bond acceptors (Lipinski definition) is 5. The van der Waals surface area contributed by atoms with Crippen LogP contribution in [0.3, 0.4) is 0 Å².